The van der Waals surface area contributed by atoms with E-state index >= 15 is 0 Å². The number of methoxy groups -OCH3 is 1. The summed E-state index contributed by atoms with van der Waals surface area (Å²) in [6.45, 7) is 5.93. The molecule has 96 valence electrons. The van der Waals surface area contributed by atoms with Crippen molar-refractivity contribution in [3.05, 3.63) is 35.9 Å². The van der Waals surface area contributed by atoms with Gasteiger partial charge in [-0.25, -0.2) is 0 Å². The number of nitrogens with one attached hydrogen (secondary N) is 1. The number of ether oxygens (including phenoxy) is 1. The van der Waals surface area contributed by atoms with Crippen molar-refractivity contribution in [1.29, 1.82) is 0 Å². The molecule has 1 atom stereocenters. The van der Waals surface area contributed by atoms with Crippen LogP contribution >= 0.6 is 0 Å². The second-order valence-corrected chi connectivity index (χ2v) is 4.53. The summed E-state index contributed by atoms with van der Waals surface area (Å²) in [4.78, 5) is 2.33. The van der Waals surface area contributed by atoms with Gasteiger partial charge < -0.3 is 15.0 Å². The third-order valence-electron chi connectivity index (χ3n) is 2.68. The smallest absolute Gasteiger partial charge is 0.0587 e. The highest BCUT2D eigenvalue weighted by atomic mass is 16.5. The molecule has 17 heavy (non-hydrogen) atoms. The summed E-state index contributed by atoms with van der Waals surface area (Å²) in [6, 6.07) is 11.0. The normalized spacial score (nSPS) is 12.9. The summed E-state index contributed by atoms with van der Waals surface area (Å²) in [5, 5.41) is 3.43. The summed E-state index contributed by atoms with van der Waals surface area (Å²) >= 11 is 0. The highest BCUT2D eigenvalue weighted by Crippen LogP contribution is 2.02. The molecule has 3 nitrogen and oxygen atoms in total. The fourth-order valence-corrected chi connectivity index (χ4v) is 1.90. The average Bonchev–Trinajstić information content (AvgIpc) is 2.30. The standard InChI is InChI=1S/C14H24N2O/c1-13(15-9-10-17-3)11-16(2)12-14-7-5-4-6-8-14/h4-8,13,15H,9-12H2,1-3H3. The second-order valence-electron chi connectivity index (χ2n) is 4.53. The third kappa shape index (κ3) is 6.41. The van der Waals surface area contributed by atoms with Crippen molar-refractivity contribution >= 4 is 0 Å². The maximum atomic E-state index is 5.02. The van der Waals surface area contributed by atoms with Crippen LogP contribution in [0, 0.1) is 0 Å². The Kier molecular flexibility index (Phi) is 6.86. The number of rotatable bonds is 8. The fourth-order valence-electron chi connectivity index (χ4n) is 1.90. The van der Waals surface area contributed by atoms with E-state index in [-0.39, 0.29) is 0 Å². The van der Waals surface area contributed by atoms with Crippen LogP contribution < -0.4 is 5.32 Å². The van der Waals surface area contributed by atoms with E-state index in [2.05, 4.69) is 54.5 Å². The van der Waals surface area contributed by atoms with Crippen molar-refractivity contribution in [1.82, 2.24) is 10.2 Å². The number of likely N-dealkylation sites (N-methyl/N-ethyl adjacent to an activating group) is 1. The van der Waals surface area contributed by atoms with E-state index in [1.807, 2.05) is 0 Å². The van der Waals surface area contributed by atoms with Crippen LogP contribution in [0.5, 0.6) is 0 Å². The molecule has 0 aromatic heterocycles. The second kappa shape index (κ2) is 8.23. The maximum absolute atomic E-state index is 5.02. The van der Waals surface area contributed by atoms with Gasteiger partial charge in [-0.15, -0.1) is 0 Å². The Morgan fingerprint density at radius 3 is 2.65 bits per heavy atom. The molecule has 0 fully saturated rings. The molecule has 0 saturated heterocycles. The van der Waals surface area contributed by atoms with E-state index in [1.165, 1.54) is 5.56 Å². The van der Waals surface area contributed by atoms with E-state index in [1.54, 1.807) is 7.11 Å². The van der Waals surface area contributed by atoms with Crippen LogP contribution in [0.4, 0.5) is 0 Å². The average molecular weight is 236 g/mol. The molecule has 1 N–H and O–H groups in total. The van der Waals surface area contributed by atoms with Crippen LogP contribution in [-0.4, -0.2) is 44.8 Å². The van der Waals surface area contributed by atoms with Gasteiger partial charge >= 0.3 is 0 Å². The molecule has 0 aliphatic rings. The van der Waals surface area contributed by atoms with Crippen LogP contribution in [0.2, 0.25) is 0 Å². The third-order valence-corrected chi connectivity index (χ3v) is 2.68. The van der Waals surface area contributed by atoms with Gasteiger partial charge in [-0.3, -0.25) is 0 Å². The van der Waals surface area contributed by atoms with Crippen LogP contribution in [0.15, 0.2) is 30.3 Å². The summed E-state index contributed by atoms with van der Waals surface area (Å²) in [5.41, 5.74) is 1.36. The van der Waals surface area contributed by atoms with Crippen molar-refractivity contribution in [3.63, 3.8) is 0 Å². The molecule has 0 spiro atoms. The van der Waals surface area contributed by atoms with Crippen molar-refractivity contribution in [2.24, 2.45) is 0 Å². The van der Waals surface area contributed by atoms with Crippen molar-refractivity contribution in [2.75, 3.05) is 33.9 Å². The molecule has 0 heterocycles. The first-order valence-electron chi connectivity index (χ1n) is 6.17. The largest absolute Gasteiger partial charge is 0.383 e. The molecular weight excluding hydrogens is 212 g/mol. The number of hydrogen-bond acceptors (Lipinski definition) is 3. The minimum absolute atomic E-state index is 0.485. The van der Waals surface area contributed by atoms with Gasteiger partial charge in [0.1, 0.15) is 0 Å². The summed E-state index contributed by atoms with van der Waals surface area (Å²) < 4.78 is 5.02. The lowest BCUT2D eigenvalue weighted by Crippen LogP contribution is -2.38. The van der Waals surface area contributed by atoms with E-state index in [9.17, 15) is 0 Å². The van der Waals surface area contributed by atoms with E-state index in [4.69, 9.17) is 4.74 Å². The maximum Gasteiger partial charge on any atom is 0.0587 e. The molecular formula is C14H24N2O. The number of nitrogens with zero attached hydrogens (tertiary/aromatic N) is 1. The summed E-state index contributed by atoms with van der Waals surface area (Å²) in [7, 11) is 3.88. The Labute approximate surface area is 105 Å². The predicted molar refractivity (Wildman–Crippen MR) is 72.1 cm³/mol. The van der Waals surface area contributed by atoms with E-state index in [0.717, 1.165) is 26.2 Å². The van der Waals surface area contributed by atoms with Crippen molar-refractivity contribution < 1.29 is 4.74 Å². The lowest BCUT2D eigenvalue weighted by molar-refractivity contribution is 0.191. The van der Waals surface area contributed by atoms with Gasteiger partial charge in [0.05, 0.1) is 6.61 Å². The van der Waals surface area contributed by atoms with Gasteiger partial charge in [-0.2, -0.15) is 0 Å². The Bertz CT molecular complexity index is 290. The zero-order chi connectivity index (χ0) is 12.5. The fraction of sp³-hybridized carbons (Fsp3) is 0.571. The van der Waals surface area contributed by atoms with Gasteiger partial charge in [-0.1, -0.05) is 30.3 Å². The van der Waals surface area contributed by atoms with Crippen LogP contribution in [0.3, 0.4) is 0 Å². The monoisotopic (exact) mass is 236 g/mol. The van der Waals surface area contributed by atoms with Gasteiger partial charge in [0.2, 0.25) is 0 Å². The first kappa shape index (κ1) is 14.2. The van der Waals surface area contributed by atoms with E-state index < -0.39 is 0 Å². The Morgan fingerprint density at radius 1 is 1.29 bits per heavy atom. The molecule has 0 aliphatic carbocycles. The summed E-state index contributed by atoms with van der Waals surface area (Å²) in [5.74, 6) is 0. The first-order chi connectivity index (χ1) is 8.22. The lowest BCUT2D eigenvalue weighted by Gasteiger charge is -2.22. The molecule has 1 aromatic rings. The molecule has 0 amide bonds. The molecule has 1 unspecified atom stereocenters. The highest BCUT2D eigenvalue weighted by Gasteiger charge is 2.05. The topological polar surface area (TPSA) is 24.5 Å². The zero-order valence-corrected chi connectivity index (χ0v) is 11.1. The van der Waals surface area contributed by atoms with Gasteiger partial charge in [0.15, 0.2) is 0 Å². The van der Waals surface area contributed by atoms with Crippen molar-refractivity contribution in [2.45, 2.75) is 19.5 Å². The lowest BCUT2D eigenvalue weighted by atomic mass is 10.2. The van der Waals surface area contributed by atoms with E-state index in [0.29, 0.717) is 6.04 Å². The molecule has 0 aliphatic heterocycles. The van der Waals surface area contributed by atoms with Crippen molar-refractivity contribution in [3.8, 4) is 0 Å². The minimum atomic E-state index is 0.485. The Morgan fingerprint density at radius 2 is 2.00 bits per heavy atom. The zero-order valence-electron chi connectivity index (χ0n) is 11.1. The molecule has 0 bridgehead atoms. The molecule has 1 aromatic carbocycles. The quantitative estimate of drug-likeness (QED) is 0.696. The van der Waals surface area contributed by atoms with Gasteiger partial charge in [0.25, 0.3) is 0 Å². The number of benzene rings is 1. The minimum Gasteiger partial charge on any atom is -0.383 e. The molecule has 3 heteroatoms. The molecule has 1 rings (SSSR count). The van der Waals surface area contributed by atoms with Crippen LogP contribution in [0.1, 0.15) is 12.5 Å². The summed E-state index contributed by atoms with van der Waals surface area (Å²) in [6.07, 6.45) is 0. The van der Waals surface area contributed by atoms with Gasteiger partial charge in [0, 0.05) is 32.8 Å². The molecule has 0 radical (unpaired) electrons. The van der Waals surface area contributed by atoms with Gasteiger partial charge in [-0.05, 0) is 19.5 Å². The Balaban J connectivity index is 2.22. The first-order valence-corrected chi connectivity index (χ1v) is 6.17. The SMILES string of the molecule is COCCNC(C)CN(C)Cc1ccccc1. The molecule has 0 saturated carbocycles. The number of hydrogen-bond donors (Lipinski definition) is 1. The van der Waals surface area contributed by atoms with Crippen LogP contribution in [0.25, 0.3) is 0 Å². The predicted octanol–water partition coefficient (Wildman–Crippen LogP) is 1.74. The van der Waals surface area contributed by atoms with Crippen LogP contribution in [-0.2, 0) is 11.3 Å². The highest BCUT2D eigenvalue weighted by molar-refractivity contribution is 5.14. The Hall–Kier alpha value is -0.900.